The first-order valence-corrected chi connectivity index (χ1v) is 9.61. The molecule has 0 radical (unpaired) electrons. The Labute approximate surface area is 180 Å². The summed E-state index contributed by atoms with van der Waals surface area (Å²) in [6.45, 7) is 1.95. The average Bonchev–Trinajstić information content (AvgIpc) is 2.66. The van der Waals surface area contributed by atoms with Crippen LogP contribution in [0.1, 0.15) is 41.7 Å². The molecule has 3 rings (SSSR count). The van der Waals surface area contributed by atoms with Crippen molar-refractivity contribution in [2.24, 2.45) is 0 Å². The van der Waals surface area contributed by atoms with E-state index in [-0.39, 0.29) is 30.1 Å². The number of hydrogen-bond donors (Lipinski definition) is 2. The Bertz CT molecular complexity index is 879. The number of carbonyl (C=O) groups is 1. The van der Waals surface area contributed by atoms with Crippen molar-refractivity contribution < 1.29 is 18.0 Å². The third-order valence-corrected chi connectivity index (χ3v) is 5.11. The highest BCUT2D eigenvalue weighted by Gasteiger charge is 2.24. The predicted octanol–water partition coefficient (Wildman–Crippen LogP) is 4.45. The molecule has 1 aliphatic rings. The third kappa shape index (κ3) is 5.78. The molecule has 1 aromatic carbocycles. The molecule has 164 valence electrons. The standard InChI is InChI=1S/C21H25F3N4O.ClH/c1-12-8-16(28(2)3)11-19(25-12)26-14-4-6-15(7-5-14)27-21(29)13-9-17(22)20(24)18(23)10-13;/h8-11,14-15H,4-7H2,1-3H3,(H,25,26)(H,27,29);1H/t14-,15+;. The molecule has 0 saturated heterocycles. The Morgan fingerprint density at radius 3 is 2.13 bits per heavy atom. The van der Waals surface area contributed by atoms with E-state index in [4.69, 9.17) is 0 Å². The summed E-state index contributed by atoms with van der Waals surface area (Å²) in [5.41, 5.74) is 1.78. The first-order valence-electron chi connectivity index (χ1n) is 9.61. The van der Waals surface area contributed by atoms with Crippen LogP contribution in [-0.4, -0.2) is 37.1 Å². The summed E-state index contributed by atoms with van der Waals surface area (Å²) < 4.78 is 39.7. The number of halogens is 4. The number of benzene rings is 1. The van der Waals surface area contributed by atoms with Gasteiger partial charge in [-0.15, -0.1) is 12.4 Å². The minimum absolute atomic E-state index is 0. The Morgan fingerprint density at radius 1 is 1.00 bits per heavy atom. The van der Waals surface area contributed by atoms with Crippen molar-refractivity contribution in [3.05, 3.63) is 53.0 Å². The van der Waals surface area contributed by atoms with Crippen molar-refractivity contribution in [2.75, 3.05) is 24.3 Å². The molecule has 0 bridgehead atoms. The van der Waals surface area contributed by atoms with Gasteiger partial charge in [0.15, 0.2) is 17.5 Å². The quantitative estimate of drug-likeness (QED) is 0.672. The fraction of sp³-hybridized carbons (Fsp3) is 0.429. The molecular weight excluding hydrogens is 417 g/mol. The Balaban J connectivity index is 0.00000320. The lowest BCUT2D eigenvalue weighted by molar-refractivity contribution is 0.0925. The van der Waals surface area contributed by atoms with Crippen molar-refractivity contribution in [2.45, 2.75) is 44.7 Å². The maximum Gasteiger partial charge on any atom is 0.251 e. The predicted molar refractivity (Wildman–Crippen MR) is 114 cm³/mol. The molecule has 9 heteroatoms. The molecule has 0 spiro atoms. The lowest BCUT2D eigenvalue weighted by atomic mass is 9.91. The zero-order valence-electron chi connectivity index (χ0n) is 17.1. The summed E-state index contributed by atoms with van der Waals surface area (Å²) in [7, 11) is 3.95. The van der Waals surface area contributed by atoms with Gasteiger partial charge in [-0.05, 0) is 50.8 Å². The van der Waals surface area contributed by atoms with E-state index < -0.39 is 23.4 Å². The summed E-state index contributed by atoms with van der Waals surface area (Å²) >= 11 is 0. The summed E-state index contributed by atoms with van der Waals surface area (Å²) in [6, 6.07) is 5.57. The number of hydrogen-bond acceptors (Lipinski definition) is 4. The van der Waals surface area contributed by atoms with Gasteiger partial charge in [-0.1, -0.05) is 0 Å². The molecule has 0 aliphatic heterocycles. The van der Waals surface area contributed by atoms with Gasteiger partial charge in [0, 0.05) is 49.2 Å². The minimum Gasteiger partial charge on any atom is -0.377 e. The third-order valence-electron chi connectivity index (χ3n) is 5.11. The molecule has 2 N–H and O–H groups in total. The maximum atomic E-state index is 13.3. The number of pyridine rings is 1. The SMILES string of the molecule is Cc1cc(N(C)C)cc(N[C@H]2CC[C@@H](NC(=O)c3cc(F)c(F)c(F)c3)CC2)n1.Cl. The zero-order chi connectivity index (χ0) is 21.1. The number of nitrogens with one attached hydrogen (secondary N) is 2. The van der Waals surface area contributed by atoms with Crippen molar-refractivity contribution in [3.8, 4) is 0 Å². The zero-order valence-corrected chi connectivity index (χ0v) is 18.0. The second kappa shape index (κ2) is 10.0. The van der Waals surface area contributed by atoms with Gasteiger partial charge in [-0.3, -0.25) is 4.79 Å². The number of rotatable bonds is 5. The molecule has 1 aliphatic carbocycles. The van der Waals surface area contributed by atoms with Crippen LogP contribution in [0.15, 0.2) is 24.3 Å². The molecule has 1 amide bonds. The number of nitrogens with zero attached hydrogens (tertiary/aromatic N) is 2. The van der Waals surface area contributed by atoms with Gasteiger partial charge in [0.1, 0.15) is 5.82 Å². The van der Waals surface area contributed by atoms with E-state index in [1.54, 1.807) is 0 Å². The lowest BCUT2D eigenvalue weighted by Gasteiger charge is -2.30. The van der Waals surface area contributed by atoms with Crippen molar-refractivity contribution in [1.29, 1.82) is 0 Å². The molecule has 1 aromatic heterocycles. The molecule has 0 unspecified atom stereocenters. The number of anilines is 2. The van der Waals surface area contributed by atoms with Gasteiger partial charge >= 0.3 is 0 Å². The fourth-order valence-corrected chi connectivity index (χ4v) is 3.53. The summed E-state index contributed by atoms with van der Waals surface area (Å²) in [5.74, 6) is -4.10. The Morgan fingerprint density at radius 2 is 1.57 bits per heavy atom. The van der Waals surface area contributed by atoms with Crippen molar-refractivity contribution >= 4 is 29.8 Å². The van der Waals surface area contributed by atoms with Gasteiger partial charge in [0.2, 0.25) is 0 Å². The van der Waals surface area contributed by atoms with Crippen LogP contribution >= 0.6 is 12.4 Å². The van der Waals surface area contributed by atoms with Crippen LogP contribution in [0.5, 0.6) is 0 Å². The van der Waals surface area contributed by atoms with Crippen LogP contribution in [0.4, 0.5) is 24.7 Å². The molecule has 1 heterocycles. The monoisotopic (exact) mass is 442 g/mol. The lowest BCUT2D eigenvalue weighted by Crippen LogP contribution is -2.40. The highest BCUT2D eigenvalue weighted by atomic mass is 35.5. The molecule has 2 aromatic rings. The summed E-state index contributed by atoms with van der Waals surface area (Å²) in [6.07, 6.45) is 3.10. The van der Waals surface area contributed by atoms with E-state index in [0.717, 1.165) is 42.9 Å². The first kappa shape index (κ1) is 23.8. The van der Waals surface area contributed by atoms with Crippen molar-refractivity contribution in [3.63, 3.8) is 0 Å². The van der Waals surface area contributed by atoms with E-state index in [1.807, 2.05) is 38.1 Å². The Kier molecular flexibility index (Phi) is 7.95. The van der Waals surface area contributed by atoms with Crippen LogP contribution in [-0.2, 0) is 0 Å². The highest BCUT2D eigenvalue weighted by Crippen LogP contribution is 2.24. The number of amides is 1. The number of carbonyl (C=O) groups excluding carboxylic acids is 1. The van der Waals surface area contributed by atoms with Crippen LogP contribution in [0.2, 0.25) is 0 Å². The normalized spacial score (nSPS) is 18.3. The number of aromatic nitrogens is 1. The highest BCUT2D eigenvalue weighted by molar-refractivity contribution is 5.94. The van der Waals surface area contributed by atoms with Gasteiger partial charge in [0.05, 0.1) is 0 Å². The topological polar surface area (TPSA) is 57.3 Å². The second-order valence-electron chi connectivity index (χ2n) is 7.67. The minimum atomic E-state index is -1.57. The molecule has 0 atom stereocenters. The van der Waals surface area contributed by atoms with Crippen LogP contribution < -0.4 is 15.5 Å². The van der Waals surface area contributed by atoms with Gasteiger partial charge in [-0.25, -0.2) is 18.2 Å². The molecular formula is C21H26ClF3N4O. The fourth-order valence-electron chi connectivity index (χ4n) is 3.53. The summed E-state index contributed by atoms with van der Waals surface area (Å²) in [5, 5.41) is 6.23. The Hall–Kier alpha value is -2.48. The molecule has 30 heavy (non-hydrogen) atoms. The van der Waals surface area contributed by atoms with Gasteiger partial charge in [-0.2, -0.15) is 0 Å². The van der Waals surface area contributed by atoms with E-state index in [1.165, 1.54) is 0 Å². The van der Waals surface area contributed by atoms with Crippen LogP contribution in [0, 0.1) is 24.4 Å². The van der Waals surface area contributed by atoms with E-state index in [9.17, 15) is 18.0 Å². The van der Waals surface area contributed by atoms with Gasteiger partial charge in [0.25, 0.3) is 5.91 Å². The molecule has 1 fully saturated rings. The smallest absolute Gasteiger partial charge is 0.251 e. The van der Waals surface area contributed by atoms with E-state index in [0.29, 0.717) is 12.1 Å². The van der Waals surface area contributed by atoms with E-state index in [2.05, 4.69) is 15.6 Å². The first-order chi connectivity index (χ1) is 13.7. The van der Waals surface area contributed by atoms with Gasteiger partial charge < -0.3 is 15.5 Å². The van der Waals surface area contributed by atoms with Crippen LogP contribution in [0.3, 0.4) is 0 Å². The van der Waals surface area contributed by atoms with Crippen molar-refractivity contribution in [1.82, 2.24) is 10.3 Å². The number of aryl methyl sites for hydroxylation is 1. The molecule has 1 saturated carbocycles. The summed E-state index contributed by atoms with van der Waals surface area (Å²) in [4.78, 5) is 18.8. The average molecular weight is 443 g/mol. The molecule has 5 nitrogen and oxygen atoms in total. The van der Waals surface area contributed by atoms with Crippen LogP contribution in [0.25, 0.3) is 0 Å². The van der Waals surface area contributed by atoms with E-state index >= 15 is 0 Å². The largest absolute Gasteiger partial charge is 0.377 e. The second-order valence-corrected chi connectivity index (χ2v) is 7.67. The maximum absolute atomic E-state index is 13.3.